The number of methoxy groups -OCH3 is 1. The Labute approximate surface area is 152 Å². The molecule has 128 valence electrons. The van der Waals surface area contributed by atoms with Crippen molar-refractivity contribution in [3.05, 3.63) is 58.6 Å². The van der Waals surface area contributed by atoms with Crippen LogP contribution in [0.2, 0.25) is 5.02 Å². The zero-order valence-corrected chi connectivity index (χ0v) is 14.7. The van der Waals surface area contributed by atoms with Gasteiger partial charge in [-0.15, -0.1) is 0 Å². The van der Waals surface area contributed by atoms with Crippen molar-refractivity contribution in [2.24, 2.45) is 0 Å². The standard InChI is InChI=1S/C19H18ClN3O2/c1-25-17-4-2-3-14(11-17)19(24)23-9-7-22(8-10-23)16-6-5-15(13-21)18(20)12-16/h2-6,11-12H,7-10H2,1H3. The fraction of sp³-hybridized carbons (Fsp3) is 0.263. The Balaban J connectivity index is 1.66. The topological polar surface area (TPSA) is 56.6 Å². The summed E-state index contributed by atoms with van der Waals surface area (Å²) in [4.78, 5) is 16.7. The van der Waals surface area contributed by atoms with Crippen molar-refractivity contribution in [1.82, 2.24) is 4.90 Å². The van der Waals surface area contributed by atoms with Crippen LogP contribution in [0.1, 0.15) is 15.9 Å². The summed E-state index contributed by atoms with van der Waals surface area (Å²) in [6.07, 6.45) is 0. The average molecular weight is 356 g/mol. The molecule has 3 rings (SSSR count). The summed E-state index contributed by atoms with van der Waals surface area (Å²) in [6, 6.07) is 14.7. The summed E-state index contributed by atoms with van der Waals surface area (Å²) < 4.78 is 5.18. The van der Waals surface area contributed by atoms with Gasteiger partial charge in [0, 0.05) is 37.4 Å². The number of hydrogen-bond acceptors (Lipinski definition) is 4. The van der Waals surface area contributed by atoms with Crippen molar-refractivity contribution < 1.29 is 9.53 Å². The molecule has 0 unspecified atom stereocenters. The molecule has 2 aromatic rings. The number of amides is 1. The van der Waals surface area contributed by atoms with Crippen molar-refractivity contribution in [1.29, 1.82) is 5.26 Å². The molecule has 0 N–H and O–H groups in total. The number of carbonyl (C=O) groups excluding carboxylic acids is 1. The number of halogens is 1. The number of benzene rings is 2. The van der Waals surface area contributed by atoms with Gasteiger partial charge in [0.2, 0.25) is 0 Å². The van der Waals surface area contributed by atoms with Gasteiger partial charge in [0.25, 0.3) is 5.91 Å². The fourth-order valence-corrected chi connectivity index (χ4v) is 3.11. The van der Waals surface area contributed by atoms with Gasteiger partial charge in [-0.3, -0.25) is 4.79 Å². The Morgan fingerprint density at radius 3 is 2.56 bits per heavy atom. The lowest BCUT2D eigenvalue weighted by Gasteiger charge is -2.36. The van der Waals surface area contributed by atoms with Crippen molar-refractivity contribution in [2.45, 2.75) is 0 Å². The first-order chi connectivity index (χ1) is 12.1. The lowest BCUT2D eigenvalue weighted by atomic mass is 10.1. The van der Waals surface area contributed by atoms with Gasteiger partial charge in [-0.25, -0.2) is 0 Å². The Morgan fingerprint density at radius 1 is 1.16 bits per heavy atom. The minimum atomic E-state index is 0.0106. The van der Waals surface area contributed by atoms with E-state index in [9.17, 15) is 4.79 Å². The first kappa shape index (κ1) is 17.1. The minimum Gasteiger partial charge on any atom is -0.497 e. The quantitative estimate of drug-likeness (QED) is 0.848. The highest BCUT2D eigenvalue weighted by Crippen LogP contribution is 2.24. The van der Waals surface area contributed by atoms with Gasteiger partial charge >= 0.3 is 0 Å². The number of rotatable bonds is 3. The van der Waals surface area contributed by atoms with Crippen molar-refractivity contribution >= 4 is 23.2 Å². The predicted octanol–water partition coefficient (Wildman–Crippen LogP) is 3.18. The van der Waals surface area contributed by atoms with E-state index >= 15 is 0 Å². The molecule has 2 aromatic carbocycles. The summed E-state index contributed by atoms with van der Waals surface area (Å²) in [6.45, 7) is 2.71. The average Bonchev–Trinajstić information content (AvgIpc) is 2.67. The smallest absolute Gasteiger partial charge is 0.254 e. The Kier molecular flexibility index (Phi) is 5.11. The van der Waals surface area contributed by atoms with Crippen LogP contribution in [0, 0.1) is 11.3 Å². The van der Waals surface area contributed by atoms with Crippen LogP contribution in [0.5, 0.6) is 5.75 Å². The second-order valence-electron chi connectivity index (χ2n) is 5.79. The van der Waals surface area contributed by atoms with E-state index < -0.39 is 0 Å². The number of ether oxygens (including phenoxy) is 1. The van der Waals surface area contributed by atoms with Crippen molar-refractivity contribution in [3.63, 3.8) is 0 Å². The lowest BCUT2D eigenvalue weighted by molar-refractivity contribution is 0.0746. The molecule has 1 aliphatic heterocycles. The summed E-state index contributed by atoms with van der Waals surface area (Å²) in [5.41, 5.74) is 2.07. The molecule has 25 heavy (non-hydrogen) atoms. The molecule has 1 aliphatic rings. The van der Waals surface area contributed by atoms with Gasteiger partial charge < -0.3 is 14.5 Å². The highest BCUT2D eigenvalue weighted by atomic mass is 35.5. The number of nitrogens with zero attached hydrogens (tertiary/aromatic N) is 3. The van der Waals surface area contributed by atoms with Gasteiger partial charge in [-0.1, -0.05) is 17.7 Å². The van der Waals surface area contributed by atoms with E-state index in [0.29, 0.717) is 35.0 Å². The summed E-state index contributed by atoms with van der Waals surface area (Å²) >= 11 is 6.11. The highest BCUT2D eigenvalue weighted by molar-refractivity contribution is 6.32. The summed E-state index contributed by atoms with van der Waals surface area (Å²) in [5.74, 6) is 0.688. The SMILES string of the molecule is COc1cccc(C(=O)N2CCN(c3ccc(C#N)c(Cl)c3)CC2)c1. The number of carbonyl (C=O) groups is 1. The van der Waals surface area contributed by atoms with E-state index in [1.165, 1.54) is 0 Å². The molecule has 1 fully saturated rings. The van der Waals surface area contributed by atoms with Gasteiger partial charge in [-0.05, 0) is 36.4 Å². The van der Waals surface area contributed by atoms with E-state index in [-0.39, 0.29) is 5.91 Å². The molecule has 0 atom stereocenters. The maximum absolute atomic E-state index is 12.6. The summed E-state index contributed by atoms with van der Waals surface area (Å²) in [5, 5.41) is 9.41. The van der Waals surface area contributed by atoms with E-state index in [1.807, 2.05) is 23.1 Å². The Morgan fingerprint density at radius 2 is 1.92 bits per heavy atom. The Bertz CT molecular complexity index is 824. The second kappa shape index (κ2) is 7.45. The highest BCUT2D eigenvalue weighted by Gasteiger charge is 2.23. The van der Waals surface area contributed by atoms with Crippen molar-refractivity contribution in [3.8, 4) is 11.8 Å². The van der Waals surface area contributed by atoms with Crippen LogP contribution in [0.15, 0.2) is 42.5 Å². The lowest BCUT2D eigenvalue weighted by Crippen LogP contribution is -2.48. The zero-order chi connectivity index (χ0) is 17.8. The molecule has 1 heterocycles. The van der Waals surface area contributed by atoms with Crippen LogP contribution < -0.4 is 9.64 Å². The number of piperazine rings is 1. The molecule has 0 radical (unpaired) electrons. The van der Waals surface area contributed by atoms with Gasteiger partial charge in [0.15, 0.2) is 0 Å². The third kappa shape index (κ3) is 3.70. The van der Waals surface area contributed by atoms with Gasteiger partial charge in [-0.2, -0.15) is 5.26 Å². The largest absolute Gasteiger partial charge is 0.497 e. The van der Waals surface area contributed by atoms with Gasteiger partial charge in [0.05, 0.1) is 17.7 Å². The molecule has 0 saturated carbocycles. The van der Waals surface area contributed by atoms with Crippen LogP contribution in [0.4, 0.5) is 5.69 Å². The molecule has 0 aromatic heterocycles. The van der Waals surface area contributed by atoms with Gasteiger partial charge in [0.1, 0.15) is 11.8 Å². The van der Waals surface area contributed by atoms with Crippen LogP contribution >= 0.6 is 11.6 Å². The van der Waals surface area contributed by atoms with Crippen LogP contribution in [-0.4, -0.2) is 44.1 Å². The maximum Gasteiger partial charge on any atom is 0.254 e. The molecule has 0 aliphatic carbocycles. The monoisotopic (exact) mass is 355 g/mol. The van der Waals surface area contributed by atoms with Crippen LogP contribution in [0.3, 0.4) is 0 Å². The second-order valence-corrected chi connectivity index (χ2v) is 6.19. The van der Waals surface area contributed by atoms with Crippen LogP contribution in [-0.2, 0) is 0 Å². The normalized spacial score (nSPS) is 14.1. The third-order valence-corrected chi connectivity index (χ3v) is 4.63. The maximum atomic E-state index is 12.6. The Hall–Kier alpha value is -2.71. The minimum absolute atomic E-state index is 0.0106. The van der Waals surface area contributed by atoms with E-state index in [0.717, 1.165) is 18.8 Å². The first-order valence-electron chi connectivity index (χ1n) is 8.00. The van der Waals surface area contributed by atoms with E-state index in [4.69, 9.17) is 21.6 Å². The van der Waals surface area contributed by atoms with Crippen LogP contribution in [0.25, 0.3) is 0 Å². The number of nitriles is 1. The fourth-order valence-electron chi connectivity index (χ4n) is 2.90. The first-order valence-corrected chi connectivity index (χ1v) is 8.38. The molecule has 1 saturated heterocycles. The van der Waals surface area contributed by atoms with E-state index in [1.54, 1.807) is 31.4 Å². The third-order valence-electron chi connectivity index (χ3n) is 4.32. The molecular formula is C19H18ClN3O2. The zero-order valence-electron chi connectivity index (χ0n) is 13.9. The van der Waals surface area contributed by atoms with E-state index in [2.05, 4.69) is 11.0 Å². The molecule has 6 heteroatoms. The molecule has 5 nitrogen and oxygen atoms in total. The predicted molar refractivity (Wildman–Crippen MR) is 97.3 cm³/mol. The van der Waals surface area contributed by atoms with Crippen molar-refractivity contribution in [2.75, 3.05) is 38.2 Å². The number of anilines is 1. The number of hydrogen-bond donors (Lipinski definition) is 0. The molecular weight excluding hydrogens is 338 g/mol. The summed E-state index contributed by atoms with van der Waals surface area (Å²) in [7, 11) is 1.59. The molecule has 1 amide bonds. The molecule has 0 bridgehead atoms. The molecule has 0 spiro atoms.